The topological polar surface area (TPSA) is 88.6 Å². The van der Waals surface area contributed by atoms with Gasteiger partial charge in [0, 0.05) is 19.6 Å². The van der Waals surface area contributed by atoms with Gasteiger partial charge in [0.2, 0.25) is 10.0 Å². The summed E-state index contributed by atoms with van der Waals surface area (Å²) < 4.78 is 32.8. The number of hydrogen-bond acceptors (Lipinski definition) is 6. The first-order valence-corrected chi connectivity index (χ1v) is 12.2. The van der Waals surface area contributed by atoms with E-state index in [9.17, 15) is 13.2 Å². The smallest absolute Gasteiger partial charge is 0.253 e. The molecular weight excluding hydrogens is 434 g/mol. The number of rotatable bonds is 6. The molecule has 0 unspecified atom stereocenters. The molecule has 7 nitrogen and oxygen atoms in total. The first kappa shape index (κ1) is 21.6. The van der Waals surface area contributed by atoms with Crippen LogP contribution in [0.1, 0.15) is 21.6 Å². The minimum absolute atomic E-state index is 0.102. The Balaban J connectivity index is 1.50. The van der Waals surface area contributed by atoms with Crippen molar-refractivity contribution in [3.8, 4) is 10.6 Å². The molecule has 1 aliphatic rings. The van der Waals surface area contributed by atoms with E-state index >= 15 is 0 Å². The van der Waals surface area contributed by atoms with E-state index in [-0.39, 0.29) is 17.3 Å². The summed E-state index contributed by atoms with van der Waals surface area (Å²) in [6.45, 7) is 3.31. The number of benzene rings is 1. The molecule has 1 aliphatic heterocycles. The van der Waals surface area contributed by atoms with Crippen molar-refractivity contribution in [2.75, 3.05) is 26.3 Å². The molecule has 1 fully saturated rings. The van der Waals surface area contributed by atoms with Crippen LogP contribution in [0.2, 0.25) is 0 Å². The van der Waals surface area contributed by atoms with Crippen LogP contribution in [-0.4, -0.2) is 49.9 Å². The second kappa shape index (κ2) is 9.27. The molecule has 2 aromatic heterocycles. The van der Waals surface area contributed by atoms with Crippen LogP contribution in [0.4, 0.5) is 0 Å². The van der Waals surface area contributed by atoms with E-state index in [0.717, 1.165) is 10.6 Å². The molecule has 9 heteroatoms. The van der Waals surface area contributed by atoms with Crippen molar-refractivity contribution in [2.45, 2.75) is 18.4 Å². The van der Waals surface area contributed by atoms with Crippen molar-refractivity contribution in [3.63, 3.8) is 0 Å². The van der Waals surface area contributed by atoms with Crippen molar-refractivity contribution < 1.29 is 17.9 Å². The fourth-order valence-electron chi connectivity index (χ4n) is 3.46. The molecule has 0 radical (unpaired) electrons. The molecule has 1 N–H and O–H groups in total. The molecule has 0 aliphatic carbocycles. The van der Waals surface area contributed by atoms with Crippen LogP contribution in [0.3, 0.4) is 0 Å². The highest BCUT2D eigenvalue weighted by atomic mass is 32.2. The number of aromatic nitrogens is 1. The maximum atomic E-state index is 13.1. The molecule has 162 valence electrons. The molecule has 0 bridgehead atoms. The standard InChI is InChI=1S/C22H23N3O4S2/c1-16-18(8-9-19(24-16)20-6-4-14-30-20)22(26)23-15-17-5-2-3-7-21(17)31(27,28)25-10-12-29-13-11-25/h2-9,14H,10-13,15H2,1H3,(H,23,26). The van der Waals surface area contributed by atoms with Gasteiger partial charge in [-0.3, -0.25) is 9.78 Å². The third kappa shape index (κ3) is 4.69. The highest BCUT2D eigenvalue weighted by Crippen LogP contribution is 2.24. The van der Waals surface area contributed by atoms with E-state index in [4.69, 9.17) is 4.74 Å². The molecule has 0 atom stereocenters. The first-order valence-electron chi connectivity index (χ1n) is 9.92. The number of aryl methyl sites for hydroxylation is 1. The number of thiophene rings is 1. The molecule has 31 heavy (non-hydrogen) atoms. The molecular formula is C22H23N3O4S2. The van der Waals surface area contributed by atoms with Crippen LogP contribution in [-0.2, 0) is 21.3 Å². The molecule has 3 heterocycles. The van der Waals surface area contributed by atoms with Crippen LogP contribution >= 0.6 is 11.3 Å². The Bertz CT molecular complexity index is 1170. The van der Waals surface area contributed by atoms with Crippen molar-refractivity contribution in [1.82, 2.24) is 14.6 Å². The van der Waals surface area contributed by atoms with Crippen molar-refractivity contribution in [3.05, 3.63) is 70.7 Å². The van der Waals surface area contributed by atoms with Crippen LogP contribution in [0, 0.1) is 6.92 Å². The maximum absolute atomic E-state index is 13.1. The van der Waals surface area contributed by atoms with Crippen LogP contribution in [0.15, 0.2) is 58.8 Å². The molecule has 4 rings (SSSR count). The van der Waals surface area contributed by atoms with Gasteiger partial charge in [0.25, 0.3) is 5.91 Å². The average molecular weight is 458 g/mol. The summed E-state index contributed by atoms with van der Waals surface area (Å²) in [6.07, 6.45) is 0. The Labute approximate surface area is 185 Å². The zero-order valence-electron chi connectivity index (χ0n) is 17.1. The van der Waals surface area contributed by atoms with E-state index in [1.165, 1.54) is 4.31 Å². The number of pyridine rings is 1. The molecule has 1 aromatic carbocycles. The Hall–Kier alpha value is -2.59. The predicted molar refractivity (Wildman–Crippen MR) is 119 cm³/mol. The second-order valence-corrected chi connectivity index (χ2v) is 9.97. The van der Waals surface area contributed by atoms with Gasteiger partial charge in [-0.2, -0.15) is 4.31 Å². The summed E-state index contributed by atoms with van der Waals surface area (Å²) in [5.74, 6) is -0.290. The number of ether oxygens (including phenoxy) is 1. The number of carbonyl (C=O) groups is 1. The minimum atomic E-state index is -3.65. The fraction of sp³-hybridized carbons (Fsp3) is 0.273. The van der Waals surface area contributed by atoms with Gasteiger partial charge in [-0.05, 0) is 42.1 Å². The van der Waals surface area contributed by atoms with Crippen LogP contribution in [0.25, 0.3) is 10.6 Å². The summed E-state index contributed by atoms with van der Waals surface area (Å²) in [7, 11) is -3.65. The lowest BCUT2D eigenvalue weighted by Gasteiger charge is -2.27. The van der Waals surface area contributed by atoms with E-state index in [1.807, 2.05) is 23.6 Å². The van der Waals surface area contributed by atoms with Gasteiger partial charge in [0.1, 0.15) is 0 Å². The lowest BCUT2D eigenvalue weighted by molar-refractivity contribution is 0.0730. The Kier molecular flexibility index (Phi) is 6.47. The Morgan fingerprint density at radius 2 is 1.90 bits per heavy atom. The monoisotopic (exact) mass is 457 g/mol. The fourth-order valence-corrected chi connectivity index (χ4v) is 5.79. The normalized spacial score (nSPS) is 15.0. The quantitative estimate of drug-likeness (QED) is 0.615. The molecule has 3 aromatic rings. The van der Waals surface area contributed by atoms with Crippen molar-refractivity contribution in [2.24, 2.45) is 0 Å². The number of sulfonamides is 1. The number of hydrogen-bond donors (Lipinski definition) is 1. The third-order valence-electron chi connectivity index (χ3n) is 5.10. The lowest BCUT2D eigenvalue weighted by Crippen LogP contribution is -2.41. The van der Waals surface area contributed by atoms with Crippen molar-refractivity contribution in [1.29, 1.82) is 0 Å². The zero-order chi connectivity index (χ0) is 21.8. The number of morpholine rings is 1. The largest absolute Gasteiger partial charge is 0.379 e. The molecule has 0 spiro atoms. The lowest BCUT2D eigenvalue weighted by atomic mass is 10.1. The van der Waals surface area contributed by atoms with Crippen molar-refractivity contribution >= 4 is 27.3 Å². The highest BCUT2D eigenvalue weighted by Gasteiger charge is 2.28. The number of carbonyl (C=O) groups excluding carboxylic acids is 1. The van der Waals surface area contributed by atoms with Gasteiger partial charge in [-0.1, -0.05) is 24.3 Å². The summed E-state index contributed by atoms with van der Waals surface area (Å²) in [5.41, 5.74) is 2.46. The van der Waals surface area contributed by atoms with E-state index < -0.39 is 10.0 Å². The second-order valence-electron chi connectivity index (χ2n) is 7.11. The van der Waals surface area contributed by atoms with Crippen LogP contribution < -0.4 is 5.32 Å². The van der Waals surface area contributed by atoms with Gasteiger partial charge in [0.15, 0.2) is 0 Å². The van der Waals surface area contributed by atoms with Gasteiger partial charge in [-0.25, -0.2) is 8.42 Å². The summed E-state index contributed by atoms with van der Waals surface area (Å²) >= 11 is 1.59. The Morgan fingerprint density at radius 3 is 2.61 bits per heavy atom. The summed E-state index contributed by atoms with van der Waals surface area (Å²) in [4.78, 5) is 18.6. The molecule has 0 saturated carbocycles. The highest BCUT2D eigenvalue weighted by molar-refractivity contribution is 7.89. The summed E-state index contributed by atoms with van der Waals surface area (Å²) in [6, 6.07) is 14.3. The number of nitrogens with one attached hydrogen (secondary N) is 1. The Morgan fingerprint density at radius 1 is 1.13 bits per heavy atom. The number of amides is 1. The summed E-state index contributed by atoms with van der Waals surface area (Å²) in [5, 5.41) is 4.82. The number of nitrogens with zero attached hydrogens (tertiary/aromatic N) is 2. The predicted octanol–water partition coefficient (Wildman–Crippen LogP) is 3.07. The third-order valence-corrected chi connectivity index (χ3v) is 8.00. The van der Waals surface area contributed by atoms with E-state index in [0.29, 0.717) is 43.1 Å². The van der Waals surface area contributed by atoms with E-state index in [2.05, 4.69) is 10.3 Å². The van der Waals surface area contributed by atoms with Gasteiger partial charge in [0.05, 0.1) is 39.9 Å². The van der Waals surface area contributed by atoms with Gasteiger partial charge < -0.3 is 10.1 Å². The maximum Gasteiger partial charge on any atom is 0.253 e. The molecule has 1 amide bonds. The minimum Gasteiger partial charge on any atom is -0.379 e. The zero-order valence-corrected chi connectivity index (χ0v) is 18.7. The first-order chi connectivity index (χ1) is 15.0. The average Bonchev–Trinajstić information content (AvgIpc) is 3.33. The van der Waals surface area contributed by atoms with Gasteiger partial charge >= 0.3 is 0 Å². The molecule has 1 saturated heterocycles. The van der Waals surface area contributed by atoms with Gasteiger partial charge in [-0.15, -0.1) is 11.3 Å². The van der Waals surface area contributed by atoms with Crippen LogP contribution in [0.5, 0.6) is 0 Å². The van der Waals surface area contributed by atoms with E-state index in [1.54, 1.807) is 48.6 Å². The SMILES string of the molecule is Cc1nc(-c2cccs2)ccc1C(=O)NCc1ccccc1S(=O)(=O)N1CCOCC1.